The van der Waals surface area contributed by atoms with Crippen LogP contribution < -0.4 is 10.1 Å². The van der Waals surface area contributed by atoms with E-state index in [2.05, 4.69) is 5.32 Å². The summed E-state index contributed by atoms with van der Waals surface area (Å²) in [7, 11) is 1.04. The van der Waals surface area contributed by atoms with Crippen LogP contribution in [0.2, 0.25) is 0 Å². The fourth-order valence-electron chi connectivity index (χ4n) is 7.13. The second-order valence-electron chi connectivity index (χ2n) is 14.5. The maximum Gasteiger partial charge on any atom is 0.313 e. The Labute approximate surface area is 318 Å². The van der Waals surface area contributed by atoms with Crippen LogP contribution in [0.4, 0.5) is 5.69 Å². The molecule has 0 saturated heterocycles. The molecule has 1 aromatic rings. The lowest BCUT2D eigenvalue weighted by Gasteiger charge is -2.38. The number of methoxy groups -OCH3 is 1. The highest BCUT2D eigenvalue weighted by Gasteiger charge is 2.47. The normalized spacial score (nSPS) is 29.5. The van der Waals surface area contributed by atoms with E-state index in [4.69, 9.17) is 18.9 Å². The largest absolute Gasteiger partial charge is 0.505 e. The van der Waals surface area contributed by atoms with Crippen LogP contribution in [0.1, 0.15) is 76.9 Å². The van der Waals surface area contributed by atoms with Gasteiger partial charge in [0.1, 0.15) is 34.6 Å². The molecule has 3 aliphatic heterocycles. The first kappa shape index (κ1) is 42.6. The van der Waals surface area contributed by atoms with Gasteiger partial charge in [0.05, 0.1) is 42.2 Å². The lowest BCUT2D eigenvalue weighted by molar-refractivity contribution is -0.166. The summed E-state index contributed by atoms with van der Waals surface area (Å²) in [6.45, 7) is 12.0. The third-order valence-electron chi connectivity index (χ3n) is 10.4. The Balaban J connectivity index is 2.07. The first-order chi connectivity index (χ1) is 25.6. The Morgan fingerprint density at radius 3 is 2.16 bits per heavy atom. The average Bonchev–Trinajstić information content (AvgIpc) is 3.13. The number of fused-ring (bicyclic) bond motifs is 14. The maximum atomic E-state index is 14.0. The summed E-state index contributed by atoms with van der Waals surface area (Å²) in [5.41, 5.74) is -2.46. The number of ether oxygens (including phenoxy) is 4. The Hall–Kier alpha value is -5.09. The number of phenols is 1. The number of allylic oxidation sites excluding steroid dienone is 6. The molecule has 298 valence electrons. The molecule has 0 saturated carbocycles. The van der Waals surface area contributed by atoms with Crippen molar-refractivity contribution < 1.29 is 68.5 Å². The number of Topliss-reactive ketones (excluding diaryl/α,β-unsaturated/α-hetero) is 2. The number of hydrogen-bond donors (Lipinski definition) is 6. The van der Waals surface area contributed by atoms with E-state index < -0.39 is 89.5 Å². The molecule has 1 aliphatic carbocycles. The van der Waals surface area contributed by atoms with Gasteiger partial charge in [-0.3, -0.25) is 24.0 Å². The summed E-state index contributed by atoms with van der Waals surface area (Å²) < 4.78 is 22.2. The van der Waals surface area contributed by atoms with Crippen molar-refractivity contribution in [2.45, 2.75) is 86.2 Å². The number of aromatic hydroxyl groups is 1. The van der Waals surface area contributed by atoms with Gasteiger partial charge in [-0.1, -0.05) is 39.0 Å². The number of carbonyl (C=O) groups excluding carboxylic acids is 5. The summed E-state index contributed by atoms with van der Waals surface area (Å²) in [6.07, 6.45) is 0.0247. The number of esters is 2. The number of aliphatic hydroxyl groups is 4. The molecular weight excluding hydrogens is 718 g/mol. The molecule has 0 spiro atoms. The van der Waals surface area contributed by atoms with Gasteiger partial charge in [0, 0.05) is 47.0 Å². The number of anilines is 1. The van der Waals surface area contributed by atoms with Crippen molar-refractivity contribution in [3.8, 4) is 11.5 Å². The van der Waals surface area contributed by atoms with Gasteiger partial charge in [-0.2, -0.15) is 0 Å². The van der Waals surface area contributed by atoms with E-state index in [1.165, 1.54) is 79.7 Å². The van der Waals surface area contributed by atoms with E-state index in [1.54, 1.807) is 0 Å². The minimum absolute atomic E-state index is 0.00714. The molecule has 0 radical (unpaired) electrons. The van der Waals surface area contributed by atoms with Crippen LogP contribution in [-0.2, 0) is 33.4 Å². The van der Waals surface area contributed by atoms with E-state index in [9.17, 15) is 49.5 Å². The van der Waals surface area contributed by atoms with Gasteiger partial charge in [0.15, 0.2) is 11.5 Å². The molecule has 15 nitrogen and oxygen atoms in total. The van der Waals surface area contributed by atoms with Crippen LogP contribution in [0.15, 0.2) is 52.5 Å². The zero-order chi connectivity index (χ0) is 41.4. The molecule has 4 aliphatic rings. The quantitative estimate of drug-likeness (QED) is 0.144. The summed E-state index contributed by atoms with van der Waals surface area (Å²) in [5.74, 6) is -9.80. The molecule has 6 N–H and O–H groups in total. The van der Waals surface area contributed by atoms with E-state index in [0.717, 1.165) is 14.0 Å². The van der Waals surface area contributed by atoms with Crippen molar-refractivity contribution in [3.63, 3.8) is 0 Å². The topological polar surface area (TPSA) is 235 Å². The van der Waals surface area contributed by atoms with Crippen LogP contribution in [-0.4, -0.2) is 92.8 Å². The van der Waals surface area contributed by atoms with Crippen molar-refractivity contribution in [2.24, 2.45) is 23.7 Å². The van der Waals surface area contributed by atoms with Gasteiger partial charge in [-0.25, -0.2) is 0 Å². The number of phenolic OH excluding ortho intramolecular Hbond substituents is 1. The molecule has 1 amide bonds. The fraction of sp³-hybridized carbons (Fsp3) is 0.475. The third-order valence-corrected chi connectivity index (χ3v) is 10.4. The fourth-order valence-corrected chi connectivity index (χ4v) is 7.13. The summed E-state index contributed by atoms with van der Waals surface area (Å²) in [6, 6.07) is 0. The zero-order valence-electron chi connectivity index (χ0n) is 32.5. The number of nitrogens with one attached hydrogen (secondary N) is 1. The smallest absolute Gasteiger partial charge is 0.313 e. The lowest BCUT2D eigenvalue weighted by atomic mass is 9.75. The highest BCUT2D eigenvalue weighted by atomic mass is 16.7. The van der Waals surface area contributed by atoms with Crippen LogP contribution in [0.5, 0.6) is 11.5 Å². The Bertz CT molecular complexity index is 1960. The molecule has 0 aromatic heterocycles. The minimum Gasteiger partial charge on any atom is -0.505 e. The molecule has 3 heterocycles. The van der Waals surface area contributed by atoms with Crippen molar-refractivity contribution in [1.82, 2.24) is 0 Å². The molecular formula is C40H49NO14. The van der Waals surface area contributed by atoms with Crippen LogP contribution >= 0.6 is 0 Å². The first-order valence-corrected chi connectivity index (χ1v) is 17.7. The van der Waals surface area contributed by atoms with E-state index in [1.807, 2.05) is 0 Å². The van der Waals surface area contributed by atoms with Crippen LogP contribution in [0, 0.1) is 30.6 Å². The predicted octanol–water partition coefficient (Wildman–Crippen LogP) is 3.31. The predicted molar refractivity (Wildman–Crippen MR) is 197 cm³/mol. The number of carbonyl (C=O) groups is 5. The number of rotatable bonds is 2. The molecule has 0 unspecified atom stereocenters. The SMILES string of the molecule is COC(=O)[C@H]1[C@@H](O)[C@@H](C)[C@@H](O)[C@@](C)(O)C=C(C)C2=C3C(=C(C)C(=O)c4c(O)c(c(C)c(OC(C)=O)c43)NC(=O)C(C)=CC=C[C@@H](C)C(=O)[C@@H](C)[C@H]1O)OCO2. The van der Waals surface area contributed by atoms with Crippen molar-refractivity contribution in [1.29, 1.82) is 0 Å². The van der Waals surface area contributed by atoms with Crippen molar-refractivity contribution >= 4 is 40.7 Å². The molecule has 55 heavy (non-hydrogen) atoms. The summed E-state index contributed by atoms with van der Waals surface area (Å²) in [4.78, 5) is 66.4. The van der Waals surface area contributed by atoms with Gasteiger partial charge in [-0.05, 0) is 46.3 Å². The molecule has 8 atom stereocenters. The second kappa shape index (κ2) is 16.3. The van der Waals surface area contributed by atoms with Gasteiger partial charge in [-0.15, -0.1) is 0 Å². The number of benzene rings is 1. The second-order valence-corrected chi connectivity index (χ2v) is 14.5. The number of aliphatic hydroxyl groups excluding tert-OH is 3. The monoisotopic (exact) mass is 767 g/mol. The molecule has 4 bridgehead atoms. The zero-order valence-corrected chi connectivity index (χ0v) is 32.5. The molecule has 0 fully saturated rings. The molecule has 15 heteroatoms. The van der Waals surface area contributed by atoms with Crippen LogP contribution in [0.3, 0.4) is 0 Å². The number of hydrogen-bond acceptors (Lipinski definition) is 14. The highest BCUT2D eigenvalue weighted by molar-refractivity contribution is 6.21. The number of amides is 1. The summed E-state index contributed by atoms with van der Waals surface area (Å²) in [5, 5.41) is 60.4. The van der Waals surface area contributed by atoms with Crippen molar-refractivity contribution in [2.75, 3.05) is 19.2 Å². The molecule has 1 aromatic carbocycles. The van der Waals surface area contributed by atoms with Gasteiger partial charge in [0.2, 0.25) is 6.79 Å². The van der Waals surface area contributed by atoms with Crippen molar-refractivity contribution in [3.05, 3.63) is 69.2 Å². The lowest BCUT2D eigenvalue weighted by Crippen LogP contribution is -2.52. The van der Waals surface area contributed by atoms with Crippen LogP contribution in [0.25, 0.3) is 5.57 Å². The Kier molecular flexibility index (Phi) is 12.7. The maximum absolute atomic E-state index is 14.0. The number of ketones is 2. The minimum atomic E-state index is -2.19. The van der Waals surface area contributed by atoms with E-state index in [-0.39, 0.29) is 61.9 Å². The third kappa shape index (κ3) is 8.01. The summed E-state index contributed by atoms with van der Waals surface area (Å²) >= 11 is 0. The van der Waals surface area contributed by atoms with E-state index >= 15 is 0 Å². The standard InChI is InChI=1S/C40H49NO14/c1-16-12-11-13-17(2)38(49)41-28-19(4)36(55-23(8)42)24-25(33(28)47)31(45)21(6)35-26(24)34(53-15-54-35)18(3)14-40(9,51)37(48)22(7)32(46)27(39(50)52-10)30(44)20(5)29(16)43/h11-14,16,20,22,27,30,32,37,44,46-48,51H,15H2,1-10H3,(H,41,49)/t16-,20-,22-,27-,30-,32+,37-,40+/m1/s1. The Morgan fingerprint density at radius 2 is 1.56 bits per heavy atom. The molecule has 5 rings (SSSR count). The van der Waals surface area contributed by atoms with Gasteiger partial charge >= 0.3 is 11.9 Å². The highest BCUT2D eigenvalue weighted by Crippen LogP contribution is 2.53. The van der Waals surface area contributed by atoms with Gasteiger partial charge in [0.25, 0.3) is 5.91 Å². The first-order valence-electron chi connectivity index (χ1n) is 17.7. The van der Waals surface area contributed by atoms with E-state index in [0.29, 0.717) is 0 Å². The average molecular weight is 768 g/mol. The van der Waals surface area contributed by atoms with Gasteiger partial charge < -0.3 is 49.8 Å². The Morgan fingerprint density at radius 1 is 0.945 bits per heavy atom.